The molecular formula is C39H25N. The lowest BCUT2D eigenvalue weighted by molar-refractivity contribution is 1.37. The minimum absolute atomic E-state index is 1.17. The molecule has 1 aromatic heterocycles. The number of nitrogens with zero attached hydrogens (tertiary/aromatic N) is 1. The summed E-state index contributed by atoms with van der Waals surface area (Å²) in [5.41, 5.74) is 7.37. The van der Waals surface area contributed by atoms with Crippen LogP contribution in [0, 0.1) is 0 Å². The molecule has 0 aliphatic heterocycles. The number of pyridine rings is 1. The van der Waals surface area contributed by atoms with E-state index in [1.165, 1.54) is 76.5 Å². The first-order chi connectivity index (χ1) is 19.8. The van der Waals surface area contributed by atoms with E-state index in [0.29, 0.717) is 0 Å². The maximum absolute atomic E-state index is 4.62. The van der Waals surface area contributed by atoms with Crippen molar-refractivity contribution >= 4 is 43.1 Å². The molecule has 186 valence electrons. The minimum atomic E-state index is 1.17. The second kappa shape index (κ2) is 9.18. The summed E-state index contributed by atoms with van der Waals surface area (Å²) in [7, 11) is 0. The zero-order valence-electron chi connectivity index (χ0n) is 21.9. The summed E-state index contributed by atoms with van der Waals surface area (Å²) in [6.07, 6.45) is 3.95. The highest BCUT2D eigenvalue weighted by molar-refractivity contribution is 6.23. The normalized spacial score (nSPS) is 11.5. The number of rotatable bonds is 3. The van der Waals surface area contributed by atoms with Gasteiger partial charge in [-0.15, -0.1) is 0 Å². The molecule has 7 aromatic carbocycles. The Morgan fingerprint density at radius 3 is 1.85 bits per heavy atom. The third kappa shape index (κ3) is 3.60. The van der Waals surface area contributed by atoms with E-state index in [1.807, 2.05) is 12.4 Å². The first kappa shape index (κ1) is 22.7. The Labute approximate surface area is 233 Å². The van der Waals surface area contributed by atoms with Gasteiger partial charge in [-0.3, -0.25) is 4.98 Å². The summed E-state index contributed by atoms with van der Waals surface area (Å²) in [5, 5.41) is 9.90. The van der Waals surface area contributed by atoms with Crippen LogP contribution in [0.15, 0.2) is 152 Å². The molecule has 1 heteroatoms. The van der Waals surface area contributed by atoms with Crippen LogP contribution in [-0.2, 0) is 0 Å². The summed E-state index contributed by atoms with van der Waals surface area (Å²) < 4.78 is 0. The van der Waals surface area contributed by atoms with Crippen LogP contribution in [0.25, 0.3) is 76.5 Å². The average Bonchev–Trinajstić information content (AvgIpc) is 3.03. The molecule has 1 heterocycles. The quantitative estimate of drug-likeness (QED) is 0.217. The van der Waals surface area contributed by atoms with Crippen LogP contribution < -0.4 is 0 Å². The molecule has 0 saturated heterocycles. The van der Waals surface area contributed by atoms with Gasteiger partial charge in [0.15, 0.2) is 0 Å². The molecule has 0 bridgehead atoms. The topological polar surface area (TPSA) is 12.9 Å². The van der Waals surface area contributed by atoms with E-state index in [9.17, 15) is 0 Å². The fraction of sp³-hybridized carbons (Fsp3) is 0. The number of hydrogen-bond donors (Lipinski definition) is 0. The van der Waals surface area contributed by atoms with Crippen molar-refractivity contribution in [2.75, 3.05) is 0 Å². The number of benzene rings is 7. The molecule has 8 aromatic rings. The summed E-state index contributed by atoms with van der Waals surface area (Å²) >= 11 is 0. The van der Waals surface area contributed by atoms with Crippen molar-refractivity contribution in [2.45, 2.75) is 0 Å². The summed E-state index contributed by atoms with van der Waals surface area (Å²) in [5.74, 6) is 0. The van der Waals surface area contributed by atoms with Crippen molar-refractivity contribution in [3.63, 3.8) is 0 Å². The number of aromatic nitrogens is 1. The first-order valence-electron chi connectivity index (χ1n) is 13.7. The maximum Gasteiger partial charge on any atom is 0.0353 e. The van der Waals surface area contributed by atoms with Gasteiger partial charge in [-0.05, 0) is 89.3 Å². The van der Waals surface area contributed by atoms with Crippen molar-refractivity contribution in [1.82, 2.24) is 4.98 Å². The van der Waals surface area contributed by atoms with Gasteiger partial charge in [-0.2, -0.15) is 0 Å². The van der Waals surface area contributed by atoms with E-state index in [4.69, 9.17) is 0 Å². The van der Waals surface area contributed by atoms with Crippen LogP contribution in [0.3, 0.4) is 0 Å². The monoisotopic (exact) mass is 507 g/mol. The predicted molar refractivity (Wildman–Crippen MR) is 171 cm³/mol. The van der Waals surface area contributed by atoms with E-state index < -0.39 is 0 Å². The number of hydrogen-bond acceptors (Lipinski definition) is 1. The molecular weight excluding hydrogens is 482 g/mol. The van der Waals surface area contributed by atoms with E-state index in [2.05, 4.69) is 145 Å². The van der Waals surface area contributed by atoms with Crippen molar-refractivity contribution in [3.8, 4) is 33.4 Å². The van der Waals surface area contributed by atoms with Gasteiger partial charge in [0.25, 0.3) is 0 Å². The van der Waals surface area contributed by atoms with E-state index >= 15 is 0 Å². The Morgan fingerprint density at radius 2 is 0.975 bits per heavy atom. The predicted octanol–water partition coefficient (Wildman–Crippen LogP) is 10.7. The third-order valence-electron chi connectivity index (χ3n) is 8.12. The van der Waals surface area contributed by atoms with Gasteiger partial charge in [0.2, 0.25) is 0 Å². The second-order valence-electron chi connectivity index (χ2n) is 10.4. The van der Waals surface area contributed by atoms with Gasteiger partial charge in [-0.25, -0.2) is 0 Å². The standard InChI is InChI=1S/C39H25N/c1-2-11-28-23-30(20-19-26(28)9-1)29-13-7-14-31(24-29)38-34-16-5-6-17-35(34)39(36-21-22-40-25-37(36)38)33-18-8-12-27-10-3-4-15-32(27)33/h1-25H. The van der Waals surface area contributed by atoms with E-state index in [0.717, 1.165) is 0 Å². The van der Waals surface area contributed by atoms with Gasteiger partial charge in [-0.1, -0.05) is 121 Å². The molecule has 8 rings (SSSR count). The zero-order chi connectivity index (χ0) is 26.5. The Bertz CT molecular complexity index is 2160. The summed E-state index contributed by atoms with van der Waals surface area (Å²) in [4.78, 5) is 4.62. The van der Waals surface area contributed by atoms with Crippen molar-refractivity contribution in [3.05, 3.63) is 152 Å². The molecule has 0 fully saturated rings. The second-order valence-corrected chi connectivity index (χ2v) is 10.4. The Balaban J connectivity index is 1.42. The Hall–Kier alpha value is -5.27. The molecule has 0 unspecified atom stereocenters. The van der Waals surface area contributed by atoms with Crippen LogP contribution in [0.2, 0.25) is 0 Å². The highest BCUT2D eigenvalue weighted by Gasteiger charge is 2.18. The molecule has 0 radical (unpaired) electrons. The lowest BCUT2D eigenvalue weighted by atomic mass is 9.85. The molecule has 1 nitrogen and oxygen atoms in total. The van der Waals surface area contributed by atoms with Crippen LogP contribution in [0.1, 0.15) is 0 Å². The fourth-order valence-electron chi connectivity index (χ4n) is 6.29. The first-order valence-corrected chi connectivity index (χ1v) is 13.7. The molecule has 0 amide bonds. The largest absolute Gasteiger partial charge is 0.264 e. The molecule has 0 aliphatic carbocycles. The van der Waals surface area contributed by atoms with Gasteiger partial charge in [0.05, 0.1) is 0 Å². The lowest BCUT2D eigenvalue weighted by Crippen LogP contribution is -1.92. The zero-order valence-corrected chi connectivity index (χ0v) is 21.9. The molecule has 0 spiro atoms. The Morgan fingerprint density at radius 1 is 0.350 bits per heavy atom. The van der Waals surface area contributed by atoms with Crippen LogP contribution in [0.4, 0.5) is 0 Å². The summed E-state index contributed by atoms with van der Waals surface area (Å²) in [6, 6.07) is 50.5. The van der Waals surface area contributed by atoms with Gasteiger partial charge in [0.1, 0.15) is 0 Å². The van der Waals surface area contributed by atoms with Gasteiger partial charge >= 0.3 is 0 Å². The van der Waals surface area contributed by atoms with Crippen LogP contribution in [-0.4, -0.2) is 4.98 Å². The van der Waals surface area contributed by atoms with Crippen molar-refractivity contribution < 1.29 is 0 Å². The van der Waals surface area contributed by atoms with Crippen molar-refractivity contribution in [1.29, 1.82) is 0 Å². The highest BCUT2D eigenvalue weighted by Crippen LogP contribution is 2.45. The SMILES string of the molecule is c1cc(-c2ccc3ccccc3c2)cc(-c2c3ccccc3c(-c3cccc4ccccc34)c3ccncc23)c1. The smallest absolute Gasteiger partial charge is 0.0353 e. The molecule has 0 atom stereocenters. The minimum Gasteiger partial charge on any atom is -0.264 e. The summed E-state index contributed by atoms with van der Waals surface area (Å²) in [6.45, 7) is 0. The number of fused-ring (bicyclic) bond motifs is 4. The van der Waals surface area contributed by atoms with E-state index in [-0.39, 0.29) is 0 Å². The fourth-order valence-corrected chi connectivity index (χ4v) is 6.29. The van der Waals surface area contributed by atoms with Gasteiger partial charge in [0, 0.05) is 17.8 Å². The molecule has 0 saturated carbocycles. The maximum atomic E-state index is 4.62. The van der Waals surface area contributed by atoms with Crippen LogP contribution >= 0.6 is 0 Å². The van der Waals surface area contributed by atoms with Crippen LogP contribution in [0.5, 0.6) is 0 Å². The Kier molecular flexibility index (Phi) is 5.21. The average molecular weight is 508 g/mol. The third-order valence-corrected chi connectivity index (χ3v) is 8.12. The van der Waals surface area contributed by atoms with Crippen molar-refractivity contribution in [2.24, 2.45) is 0 Å². The lowest BCUT2D eigenvalue weighted by Gasteiger charge is -2.19. The highest BCUT2D eigenvalue weighted by atomic mass is 14.6. The molecule has 40 heavy (non-hydrogen) atoms. The van der Waals surface area contributed by atoms with Gasteiger partial charge < -0.3 is 0 Å². The molecule has 0 N–H and O–H groups in total. The van der Waals surface area contributed by atoms with E-state index in [1.54, 1.807) is 0 Å². The molecule has 0 aliphatic rings.